The number of hydrogen-bond donors (Lipinski definition) is 0. The van der Waals surface area contributed by atoms with Gasteiger partial charge in [-0.3, -0.25) is 9.83 Å². The molecular formula is C31H45F3N4O. The van der Waals surface area contributed by atoms with Crippen molar-refractivity contribution in [3.63, 3.8) is 0 Å². The number of hydroxylamine groups is 2. The molecule has 1 aromatic heterocycles. The lowest BCUT2D eigenvalue weighted by atomic mass is 9.95. The van der Waals surface area contributed by atoms with Gasteiger partial charge in [-0.25, -0.2) is 9.97 Å². The van der Waals surface area contributed by atoms with Crippen molar-refractivity contribution in [2.24, 2.45) is 10.9 Å². The number of nitrogens with zero attached hydrogens (tertiary/aromatic N) is 4. The molecule has 0 saturated carbocycles. The van der Waals surface area contributed by atoms with Crippen molar-refractivity contribution in [3.05, 3.63) is 58.7 Å². The van der Waals surface area contributed by atoms with Gasteiger partial charge in [0.05, 0.1) is 28.7 Å². The zero-order chi connectivity index (χ0) is 28.7. The number of aliphatic imine (C=N–C) groups is 1. The van der Waals surface area contributed by atoms with Gasteiger partial charge in [-0.15, -0.1) is 6.58 Å². The fourth-order valence-electron chi connectivity index (χ4n) is 4.31. The van der Waals surface area contributed by atoms with E-state index in [1.165, 1.54) is 6.21 Å². The van der Waals surface area contributed by atoms with Crippen LogP contribution in [0.5, 0.6) is 0 Å². The van der Waals surface area contributed by atoms with Gasteiger partial charge in [0, 0.05) is 25.2 Å². The molecule has 0 saturated heterocycles. The molecule has 216 valence electrons. The molecular weight excluding hydrogens is 501 g/mol. The minimum atomic E-state index is -4.44. The molecule has 0 aromatic carbocycles. The second kappa shape index (κ2) is 17.2. The average Bonchev–Trinajstić information content (AvgIpc) is 2.92. The fraction of sp³-hybridized carbons (Fsp3) is 0.581. The molecule has 1 aliphatic heterocycles. The van der Waals surface area contributed by atoms with E-state index in [4.69, 9.17) is 14.8 Å². The summed E-state index contributed by atoms with van der Waals surface area (Å²) in [5, 5.41) is 3.40. The molecule has 8 heteroatoms. The third kappa shape index (κ3) is 11.2. The van der Waals surface area contributed by atoms with Crippen LogP contribution < -0.4 is 10.7 Å². The SMILES string of the molecule is C=CCC/C=C/C(C)CCN(CC)OC/C=c1/nc(CCCCC)c(C2C=NC(C(F)(F)F)=CC2)n/c1=C/C. The molecule has 0 radical (unpaired) electrons. The normalized spacial score (nSPS) is 17.8. The van der Waals surface area contributed by atoms with Crippen LogP contribution in [0.1, 0.15) is 89.9 Å². The van der Waals surface area contributed by atoms with Crippen LogP contribution in [0.25, 0.3) is 12.2 Å². The molecule has 0 aliphatic carbocycles. The summed E-state index contributed by atoms with van der Waals surface area (Å²) in [6.45, 7) is 14.0. The first-order chi connectivity index (χ1) is 18.7. The lowest BCUT2D eigenvalue weighted by Gasteiger charge is -2.20. The topological polar surface area (TPSA) is 50.6 Å². The van der Waals surface area contributed by atoms with E-state index in [1.807, 2.05) is 30.2 Å². The molecule has 0 fully saturated rings. The summed E-state index contributed by atoms with van der Waals surface area (Å²) in [4.78, 5) is 19.5. The van der Waals surface area contributed by atoms with Gasteiger partial charge < -0.3 is 0 Å². The number of rotatable bonds is 16. The van der Waals surface area contributed by atoms with Crippen molar-refractivity contribution in [2.45, 2.75) is 91.2 Å². The van der Waals surface area contributed by atoms with E-state index in [-0.39, 0.29) is 12.3 Å². The van der Waals surface area contributed by atoms with Crippen molar-refractivity contribution < 1.29 is 18.0 Å². The zero-order valence-corrected chi connectivity index (χ0v) is 24.0. The third-order valence-corrected chi connectivity index (χ3v) is 6.67. The van der Waals surface area contributed by atoms with Crippen LogP contribution in [0.3, 0.4) is 0 Å². The highest BCUT2D eigenvalue weighted by molar-refractivity contribution is 5.70. The van der Waals surface area contributed by atoms with Gasteiger partial charge in [-0.05, 0) is 57.4 Å². The number of halogens is 3. The van der Waals surface area contributed by atoms with Crippen LogP contribution in [-0.4, -0.2) is 47.1 Å². The Morgan fingerprint density at radius 1 is 1.18 bits per heavy atom. The molecule has 2 heterocycles. The summed E-state index contributed by atoms with van der Waals surface area (Å²) in [7, 11) is 0. The van der Waals surface area contributed by atoms with Crippen LogP contribution in [0, 0.1) is 5.92 Å². The highest BCUT2D eigenvalue weighted by Crippen LogP contribution is 2.32. The number of unbranched alkanes of at least 4 members (excludes halogenated alkanes) is 3. The summed E-state index contributed by atoms with van der Waals surface area (Å²) in [6, 6.07) is 0. The van der Waals surface area contributed by atoms with E-state index in [0.29, 0.717) is 23.6 Å². The van der Waals surface area contributed by atoms with E-state index in [1.54, 1.807) is 0 Å². The quantitative estimate of drug-likeness (QED) is 0.133. The van der Waals surface area contributed by atoms with Gasteiger partial charge in [0.25, 0.3) is 0 Å². The fourth-order valence-corrected chi connectivity index (χ4v) is 4.31. The monoisotopic (exact) mass is 546 g/mol. The molecule has 0 amide bonds. The van der Waals surface area contributed by atoms with Gasteiger partial charge in [0.15, 0.2) is 0 Å². The smallest absolute Gasteiger partial charge is 0.295 e. The molecule has 1 aliphatic rings. The summed E-state index contributed by atoms with van der Waals surface area (Å²) < 4.78 is 39.2. The van der Waals surface area contributed by atoms with Crippen molar-refractivity contribution in [1.82, 2.24) is 15.0 Å². The molecule has 0 bridgehead atoms. The number of aryl methyl sites for hydroxylation is 1. The maximum absolute atomic E-state index is 13.1. The molecule has 2 rings (SSSR count). The Labute approximate surface area is 231 Å². The number of allylic oxidation sites excluding steroid dienone is 5. The Morgan fingerprint density at radius 3 is 2.59 bits per heavy atom. The molecule has 2 atom stereocenters. The lowest BCUT2D eigenvalue weighted by Crippen LogP contribution is -2.36. The van der Waals surface area contributed by atoms with Crippen molar-refractivity contribution >= 4 is 18.4 Å². The maximum atomic E-state index is 13.1. The predicted octanol–water partition coefficient (Wildman–Crippen LogP) is 6.60. The molecule has 39 heavy (non-hydrogen) atoms. The van der Waals surface area contributed by atoms with Crippen LogP contribution in [0.15, 0.2) is 41.6 Å². The van der Waals surface area contributed by atoms with Crippen molar-refractivity contribution in [1.29, 1.82) is 0 Å². The molecule has 2 unspecified atom stereocenters. The van der Waals surface area contributed by atoms with Crippen molar-refractivity contribution in [3.8, 4) is 0 Å². The van der Waals surface area contributed by atoms with Gasteiger partial charge in [-0.1, -0.05) is 64.0 Å². The Hall–Kier alpha value is -2.58. The minimum Gasteiger partial charge on any atom is -0.295 e. The molecule has 1 aromatic rings. The highest BCUT2D eigenvalue weighted by atomic mass is 19.4. The first kappa shape index (κ1) is 32.6. The summed E-state index contributed by atoms with van der Waals surface area (Å²) >= 11 is 0. The van der Waals surface area contributed by atoms with E-state index in [0.717, 1.165) is 75.2 Å². The Morgan fingerprint density at radius 2 is 1.97 bits per heavy atom. The van der Waals surface area contributed by atoms with Gasteiger partial charge in [0.1, 0.15) is 5.70 Å². The first-order valence-electron chi connectivity index (χ1n) is 14.2. The largest absolute Gasteiger partial charge is 0.432 e. The Balaban J connectivity index is 2.17. The minimum absolute atomic E-state index is 0.205. The number of hydrogen-bond acceptors (Lipinski definition) is 5. The standard InChI is InChI=1S/C31H45F3N4O/c1-6-10-12-14-15-24(5)19-21-38(9-4)39-22-20-27-26(8-3)37-30(28(36-27)16-13-11-7-2)25-17-18-29(35-23-25)31(32,33)34/h6,8,14-15,18,20,23-25H,1,7,9-13,16-17,19,21-22H2,2-5H3/b15-14+,26-8+,27-20+. The summed E-state index contributed by atoms with van der Waals surface area (Å²) in [5.41, 5.74) is 0.691. The molecule has 0 spiro atoms. The zero-order valence-electron chi connectivity index (χ0n) is 24.0. The van der Waals surface area contributed by atoms with Crippen LogP contribution >= 0.6 is 0 Å². The average molecular weight is 547 g/mol. The van der Waals surface area contributed by atoms with Crippen LogP contribution in [0.2, 0.25) is 0 Å². The van der Waals surface area contributed by atoms with Gasteiger partial charge >= 0.3 is 6.18 Å². The highest BCUT2D eigenvalue weighted by Gasteiger charge is 2.35. The number of alkyl halides is 3. The van der Waals surface area contributed by atoms with E-state index in [2.05, 4.69) is 44.5 Å². The second-order valence-electron chi connectivity index (χ2n) is 9.86. The molecule has 5 nitrogen and oxygen atoms in total. The molecule has 0 N–H and O–H groups in total. The first-order valence-corrected chi connectivity index (χ1v) is 14.2. The van der Waals surface area contributed by atoms with E-state index >= 15 is 0 Å². The third-order valence-electron chi connectivity index (χ3n) is 6.67. The lowest BCUT2D eigenvalue weighted by molar-refractivity contribution is -0.142. The Bertz CT molecular complexity index is 1110. The van der Waals surface area contributed by atoms with Gasteiger partial charge in [0.2, 0.25) is 0 Å². The summed E-state index contributed by atoms with van der Waals surface area (Å²) in [6.07, 6.45) is 15.3. The van der Waals surface area contributed by atoms with Gasteiger partial charge in [-0.2, -0.15) is 18.2 Å². The predicted molar refractivity (Wildman–Crippen MR) is 155 cm³/mol. The number of aromatic nitrogens is 2. The summed E-state index contributed by atoms with van der Waals surface area (Å²) in [5.74, 6) is 0.139. The van der Waals surface area contributed by atoms with Crippen molar-refractivity contribution in [2.75, 3.05) is 19.7 Å². The second-order valence-corrected chi connectivity index (χ2v) is 9.86. The van der Waals surface area contributed by atoms with Crippen LogP contribution in [-0.2, 0) is 11.3 Å². The maximum Gasteiger partial charge on any atom is 0.432 e. The van der Waals surface area contributed by atoms with E-state index < -0.39 is 11.9 Å². The van der Waals surface area contributed by atoms with E-state index in [9.17, 15) is 13.2 Å². The Kier molecular flexibility index (Phi) is 14.4. The van der Waals surface area contributed by atoms with Crippen LogP contribution in [0.4, 0.5) is 13.2 Å².